The van der Waals surface area contributed by atoms with E-state index in [0.29, 0.717) is 13.1 Å². The van der Waals surface area contributed by atoms with Gasteiger partial charge in [0.2, 0.25) is 5.91 Å². The maximum Gasteiger partial charge on any atom is 0.234 e. The number of aliphatic hydroxyl groups is 1. The van der Waals surface area contributed by atoms with E-state index in [1.165, 1.54) is 0 Å². The first-order valence-electron chi connectivity index (χ1n) is 6.41. The maximum atomic E-state index is 11.5. The van der Waals surface area contributed by atoms with Crippen molar-refractivity contribution in [1.29, 1.82) is 0 Å². The van der Waals surface area contributed by atoms with Crippen LogP contribution in [-0.4, -0.2) is 30.2 Å². The van der Waals surface area contributed by atoms with Gasteiger partial charge in [-0.25, -0.2) is 0 Å². The van der Waals surface area contributed by atoms with Gasteiger partial charge in [0.15, 0.2) is 0 Å². The highest BCUT2D eigenvalue weighted by Gasteiger charge is 2.04. The van der Waals surface area contributed by atoms with Gasteiger partial charge in [0.1, 0.15) is 0 Å². The summed E-state index contributed by atoms with van der Waals surface area (Å²) in [6.07, 6.45) is 1.35. The molecular weight excluding hydrogens is 228 g/mol. The summed E-state index contributed by atoms with van der Waals surface area (Å²) < 4.78 is 0. The number of hydrogen-bond donors (Lipinski definition) is 3. The van der Waals surface area contributed by atoms with Crippen LogP contribution in [0.2, 0.25) is 0 Å². The number of carbonyl (C=O) groups is 1. The number of nitrogens with one attached hydrogen (secondary N) is 2. The minimum absolute atomic E-state index is 0.0532. The Morgan fingerprint density at radius 3 is 2.72 bits per heavy atom. The van der Waals surface area contributed by atoms with E-state index in [-0.39, 0.29) is 18.6 Å². The van der Waals surface area contributed by atoms with Crippen molar-refractivity contribution in [2.24, 2.45) is 0 Å². The minimum atomic E-state index is -0.364. The summed E-state index contributed by atoms with van der Waals surface area (Å²) in [6, 6.07) is 9.78. The lowest BCUT2D eigenvalue weighted by Gasteiger charge is -2.10. The van der Waals surface area contributed by atoms with Gasteiger partial charge in [0, 0.05) is 13.1 Å². The van der Waals surface area contributed by atoms with Crippen molar-refractivity contribution in [3.8, 4) is 0 Å². The predicted octanol–water partition coefficient (Wildman–Crippen LogP) is 1.05. The number of amides is 1. The first-order chi connectivity index (χ1) is 8.72. The van der Waals surface area contributed by atoms with Crippen LogP contribution >= 0.6 is 0 Å². The second-order valence-electron chi connectivity index (χ2n) is 4.34. The van der Waals surface area contributed by atoms with Crippen molar-refractivity contribution < 1.29 is 9.90 Å². The van der Waals surface area contributed by atoms with Gasteiger partial charge in [-0.15, -0.1) is 0 Å². The second kappa shape index (κ2) is 8.66. The van der Waals surface area contributed by atoms with Crippen LogP contribution < -0.4 is 10.6 Å². The number of benzene rings is 1. The molecule has 4 heteroatoms. The Balaban J connectivity index is 2.11. The van der Waals surface area contributed by atoms with E-state index in [2.05, 4.69) is 10.6 Å². The highest BCUT2D eigenvalue weighted by molar-refractivity contribution is 5.77. The first kappa shape index (κ1) is 14.7. The highest BCUT2D eigenvalue weighted by atomic mass is 16.3. The monoisotopic (exact) mass is 250 g/mol. The SMILES string of the molecule is CCCC(O)CNCC(=O)NCc1ccccc1. The van der Waals surface area contributed by atoms with Crippen molar-refractivity contribution in [2.45, 2.75) is 32.4 Å². The molecule has 1 amide bonds. The van der Waals surface area contributed by atoms with Crippen molar-refractivity contribution in [2.75, 3.05) is 13.1 Å². The Labute approximate surface area is 108 Å². The van der Waals surface area contributed by atoms with E-state index in [0.717, 1.165) is 18.4 Å². The number of hydrogen-bond acceptors (Lipinski definition) is 3. The molecule has 4 nitrogen and oxygen atoms in total. The summed E-state index contributed by atoms with van der Waals surface area (Å²) in [7, 11) is 0. The third kappa shape index (κ3) is 6.37. The van der Waals surface area contributed by atoms with Gasteiger partial charge in [0.25, 0.3) is 0 Å². The molecule has 1 atom stereocenters. The number of rotatable bonds is 8. The molecule has 1 aromatic carbocycles. The highest BCUT2D eigenvalue weighted by Crippen LogP contribution is 1.97. The van der Waals surface area contributed by atoms with Gasteiger partial charge in [-0.2, -0.15) is 0 Å². The molecule has 18 heavy (non-hydrogen) atoms. The standard InChI is InChI=1S/C14H22N2O2/c1-2-6-13(17)10-15-11-14(18)16-9-12-7-4-3-5-8-12/h3-5,7-8,13,15,17H,2,6,9-11H2,1H3,(H,16,18). The van der Waals surface area contributed by atoms with Crippen molar-refractivity contribution in [3.05, 3.63) is 35.9 Å². The molecular formula is C14H22N2O2. The molecule has 3 N–H and O–H groups in total. The summed E-state index contributed by atoms with van der Waals surface area (Å²) in [5, 5.41) is 15.2. The average Bonchev–Trinajstić information content (AvgIpc) is 2.38. The zero-order valence-corrected chi connectivity index (χ0v) is 10.9. The summed E-state index contributed by atoms with van der Waals surface area (Å²) in [4.78, 5) is 11.5. The Kier molecular flexibility index (Phi) is 7.06. The zero-order chi connectivity index (χ0) is 13.2. The topological polar surface area (TPSA) is 61.4 Å². The molecule has 0 aliphatic heterocycles. The minimum Gasteiger partial charge on any atom is -0.392 e. The lowest BCUT2D eigenvalue weighted by Crippen LogP contribution is -2.37. The molecule has 0 saturated carbocycles. The quantitative estimate of drug-likeness (QED) is 0.646. The van der Waals surface area contributed by atoms with E-state index in [1.807, 2.05) is 37.3 Å². The molecule has 0 radical (unpaired) electrons. The largest absolute Gasteiger partial charge is 0.392 e. The Morgan fingerprint density at radius 2 is 2.06 bits per heavy atom. The molecule has 0 bridgehead atoms. The van der Waals surface area contributed by atoms with Gasteiger partial charge < -0.3 is 15.7 Å². The fourth-order valence-corrected chi connectivity index (χ4v) is 1.65. The Hall–Kier alpha value is -1.39. The van der Waals surface area contributed by atoms with Crippen LogP contribution in [0.15, 0.2) is 30.3 Å². The van der Waals surface area contributed by atoms with Crippen LogP contribution in [0.1, 0.15) is 25.3 Å². The molecule has 0 aromatic heterocycles. The van der Waals surface area contributed by atoms with E-state index < -0.39 is 0 Å². The van der Waals surface area contributed by atoms with Crippen LogP contribution in [0, 0.1) is 0 Å². The van der Waals surface area contributed by atoms with Gasteiger partial charge in [-0.3, -0.25) is 4.79 Å². The van der Waals surface area contributed by atoms with Gasteiger partial charge in [-0.1, -0.05) is 43.7 Å². The van der Waals surface area contributed by atoms with Crippen LogP contribution in [0.25, 0.3) is 0 Å². The smallest absolute Gasteiger partial charge is 0.234 e. The lowest BCUT2D eigenvalue weighted by molar-refractivity contribution is -0.120. The molecule has 0 spiro atoms. The molecule has 100 valence electrons. The maximum absolute atomic E-state index is 11.5. The van der Waals surface area contributed by atoms with Gasteiger partial charge in [0.05, 0.1) is 12.6 Å². The molecule has 1 aromatic rings. The number of aliphatic hydroxyl groups excluding tert-OH is 1. The van der Waals surface area contributed by atoms with E-state index >= 15 is 0 Å². The third-order valence-corrected chi connectivity index (χ3v) is 2.62. The van der Waals surface area contributed by atoms with Crippen LogP contribution in [-0.2, 0) is 11.3 Å². The molecule has 1 rings (SSSR count). The van der Waals surface area contributed by atoms with Gasteiger partial charge >= 0.3 is 0 Å². The van der Waals surface area contributed by atoms with Crippen molar-refractivity contribution in [3.63, 3.8) is 0 Å². The van der Waals surface area contributed by atoms with Gasteiger partial charge in [-0.05, 0) is 12.0 Å². The van der Waals surface area contributed by atoms with Crippen molar-refractivity contribution >= 4 is 5.91 Å². The van der Waals surface area contributed by atoms with E-state index in [4.69, 9.17) is 0 Å². The van der Waals surface area contributed by atoms with Crippen molar-refractivity contribution in [1.82, 2.24) is 10.6 Å². The zero-order valence-electron chi connectivity index (χ0n) is 10.9. The molecule has 0 aliphatic carbocycles. The third-order valence-electron chi connectivity index (χ3n) is 2.62. The fourth-order valence-electron chi connectivity index (χ4n) is 1.65. The molecule has 1 unspecified atom stereocenters. The second-order valence-corrected chi connectivity index (χ2v) is 4.34. The predicted molar refractivity (Wildman–Crippen MR) is 72.1 cm³/mol. The normalized spacial score (nSPS) is 12.1. The summed E-state index contributed by atoms with van der Waals surface area (Å²) >= 11 is 0. The van der Waals surface area contributed by atoms with Crippen LogP contribution in [0.3, 0.4) is 0 Å². The Morgan fingerprint density at radius 1 is 1.33 bits per heavy atom. The lowest BCUT2D eigenvalue weighted by atomic mass is 10.2. The van der Waals surface area contributed by atoms with E-state index in [1.54, 1.807) is 0 Å². The first-order valence-corrected chi connectivity index (χ1v) is 6.41. The summed E-state index contributed by atoms with van der Waals surface area (Å²) in [6.45, 7) is 3.27. The molecule has 0 saturated heterocycles. The molecule has 0 aliphatic rings. The Bertz CT molecular complexity index is 341. The molecule has 0 fully saturated rings. The number of carbonyl (C=O) groups excluding carboxylic acids is 1. The fraction of sp³-hybridized carbons (Fsp3) is 0.500. The van der Waals surface area contributed by atoms with E-state index in [9.17, 15) is 9.90 Å². The van der Waals surface area contributed by atoms with Crippen LogP contribution in [0.5, 0.6) is 0 Å². The summed E-state index contributed by atoms with van der Waals surface area (Å²) in [5.74, 6) is -0.0532. The molecule has 0 heterocycles. The average molecular weight is 250 g/mol. The summed E-state index contributed by atoms with van der Waals surface area (Å²) in [5.41, 5.74) is 1.08. The van der Waals surface area contributed by atoms with Crippen LogP contribution in [0.4, 0.5) is 0 Å².